The Bertz CT molecular complexity index is 544. The lowest BCUT2D eigenvalue weighted by Crippen LogP contribution is -2.46. The van der Waals surface area contributed by atoms with Crippen LogP contribution in [0, 0.1) is 5.92 Å². The lowest BCUT2D eigenvalue weighted by atomic mass is 9.93. The summed E-state index contributed by atoms with van der Waals surface area (Å²) < 4.78 is 0. The van der Waals surface area contributed by atoms with Gasteiger partial charge in [-0.25, -0.2) is 0 Å². The van der Waals surface area contributed by atoms with E-state index in [1.54, 1.807) is 11.9 Å². The molecule has 0 radical (unpaired) electrons. The number of rotatable bonds is 2. The highest BCUT2D eigenvalue weighted by Crippen LogP contribution is 2.24. The quantitative estimate of drug-likeness (QED) is 0.830. The zero-order chi connectivity index (χ0) is 14.1. The first-order valence-corrected chi connectivity index (χ1v) is 7.02. The molecule has 0 spiro atoms. The van der Waals surface area contributed by atoms with Gasteiger partial charge in [0.05, 0.1) is 5.92 Å². The predicted octanol–water partition coefficient (Wildman–Crippen LogP) is 0.618. The van der Waals surface area contributed by atoms with Gasteiger partial charge in [0.25, 0.3) is 0 Å². The van der Waals surface area contributed by atoms with E-state index in [0.29, 0.717) is 13.0 Å². The number of likely N-dealkylation sites (N-methyl/N-ethyl adjacent to an activating group) is 1. The summed E-state index contributed by atoms with van der Waals surface area (Å²) in [4.78, 5) is 25.8. The van der Waals surface area contributed by atoms with Crippen LogP contribution in [-0.4, -0.2) is 42.9 Å². The second-order valence-electron chi connectivity index (χ2n) is 5.55. The first kappa shape index (κ1) is 13.0. The zero-order valence-corrected chi connectivity index (χ0v) is 11.6. The molecule has 0 saturated carbocycles. The molecule has 20 heavy (non-hydrogen) atoms. The molecule has 2 unspecified atom stereocenters. The van der Waals surface area contributed by atoms with Crippen molar-refractivity contribution in [1.82, 2.24) is 10.2 Å². The highest BCUT2D eigenvalue weighted by Gasteiger charge is 2.33. The van der Waals surface area contributed by atoms with Gasteiger partial charge in [-0.15, -0.1) is 0 Å². The molecular formula is C15H19N3O2. The van der Waals surface area contributed by atoms with Crippen molar-refractivity contribution in [3.05, 3.63) is 29.8 Å². The second kappa shape index (κ2) is 5.15. The number of carbonyl (C=O) groups excluding carboxylic acids is 2. The first-order chi connectivity index (χ1) is 9.65. The van der Waals surface area contributed by atoms with Crippen molar-refractivity contribution < 1.29 is 9.59 Å². The summed E-state index contributed by atoms with van der Waals surface area (Å²) in [5, 5.41) is 6.17. The van der Waals surface area contributed by atoms with Gasteiger partial charge in [-0.1, -0.05) is 18.2 Å². The normalized spacial score (nSPS) is 25.1. The summed E-state index contributed by atoms with van der Waals surface area (Å²) in [5.74, 6) is -0.119. The summed E-state index contributed by atoms with van der Waals surface area (Å²) in [6.07, 6.45) is 1.43. The van der Waals surface area contributed by atoms with Crippen LogP contribution < -0.4 is 10.6 Å². The number of hydrogen-bond acceptors (Lipinski definition) is 3. The van der Waals surface area contributed by atoms with Crippen LogP contribution in [0.15, 0.2) is 24.3 Å². The summed E-state index contributed by atoms with van der Waals surface area (Å²) in [7, 11) is 1.77. The van der Waals surface area contributed by atoms with Gasteiger partial charge < -0.3 is 15.5 Å². The number of nitrogens with zero attached hydrogens (tertiary/aromatic N) is 1. The van der Waals surface area contributed by atoms with Gasteiger partial charge in [0.15, 0.2) is 0 Å². The van der Waals surface area contributed by atoms with Gasteiger partial charge in [-0.3, -0.25) is 9.59 Å². The van der Waals surface area contributed by atoms with E-state index in [1.165, 1.54) is 0 Å². The van der Waals surface area contributed by atoms with Crippen molar-refractivity contribution in [3.8, 4) is 0 Å². The minimum Gasteiger partial charge on any atom is -0.384 e. The molecule has 2 amide bonds. The average molecular weight is 273 g/mol. The van der Waals surface area contributed by atoms with E-state index in [0.717, 1.165) is 24.2 Å². The fourth-order valence-corrected chi connectivity index (χ4v) is 2.87. The van der Waals surface area contributed by atoms with Crippen LogP contribution in [0.25, 0.3) is 0 Å². The number of anilines is 1. The van der Waals surface area contributed by atoms with E-state index in [4.69, 9.17) is 0 Å². The molecule has 5 heteroatoms. The van der Waals surface area contributed by atoms with Gasteiger partial charge in [-0.05, 0) is 24.5 Å². The van der Waals surface area contributed by atoms with E-state index < -0.39 is 0 Å². The third-order valence-electron chi connectivity index (χ3n) is 4.14. The molecule has 2 aliphatic heterocycles. The van der Waals surface area contributed by atoms with Crippen molar-refractivity contribution >= 4 is 17.5 Å². The van der Waals surface area contributed by atoms with E-state index >= 15 is 0 Å². The Balaban J connectivity index is 1.63. The number of fused-ring (bicyclic) bond motifs is 1. The monoisotopic (exact) mass is 273 g/mol. The fourth-order valence-electron chi connectivity index (χ4n) is 2.87. The number of para-hydroxylation sites is 1. The second-order valence-corrected chi connectivity index (χ2v) is 5.55. The Kier molecular flexibility index (Phi) is 3.34. The third-order valence-corrected chi connectivity index (χ3v) is 4.14. The van der Waals surface area contributed by atoms with Crippen molar-refractivity contribution in [1.29, 1.82) is 0 Å². The molecule has 0 bridgehead atoms. The van der Waals surface area contributed by atoms with E-state index in [9.17, 15) is 9.59 Å². The van der Waals surface area contributed by atoms with Crippen LogP contribution in [0.4, 0.5) is 5.69 Å². The van der Waals surface area contributed by atoms with Crippen LogP contribution in [0.3, 0.4) is 0 Å². The molecule has 2 atom stereocenters. The van der Waals surface area contributed by atoms with Crippen molar-refractivity contribution in [2.24, 2.45) is 5.92 Å². The van der Waals surface area contributed by atoms with Crippen LogP contribution in [0.2, 0.25) is 0 Å². The van der Waals surface area contributed by atoms with E-state index in [2.05, 4.69) is 10.6 Å². The van der Waals surface area contributed by atoms with Crippen molar-refractivity contribution in [2.75, 3.05) is 25.5 Å². The van der Waals surface area contributed by atoms with Crippen LogP contribution in [0.5, 0.6) is 0 Å². The van der Waals surface area contributed by atoms with Gasteiger partial charge >= 0.3 is 0 Å². The molecular weight excluding hydrogens is 254 g/mol. The summed E-state index contributed by atoms with van der Waals surface area (Å²) >= 11 is 0. The fraction of sp³-hybridized carbons (Fsp3) is 0.467. The SMILES string of the molecule is CN1CCC(NC(=O)C2CNc3ccccc3C2)C1=O. The van der Waals surface area contributed by atoms with Crippen LogP contribution >= 0.6 is 0 Å². The molecule has 1 aromatic carbocycles. The number of likely N-dealkylation sites (tertiary alicyclic amines) is 1. The van der Waals surface area contributed by atoms with Crippen LogP contribution in [0.1, 0.15) is 12.0 Å². The summed E-state index contributed by atoms with van der Waals surface area (Å²) in [5.41, 5.74) is 2.27. The molecule has 1 aromatic rings. The molecule has 5 nitrogen and oxygen atoms in total. The molecule has 1 saturated heterocycles. The van der Waals surface area contributed by atoms with Crippen molar-refractivity contribution in [3.63, 3.8) is 0 Å². The Morgan fingerprint density at radius 2 is 2.20 bits per heavy atom. The number of benzene rings is 1. The maximum atomic E-state index is 12.3. The first-order valence-electron chi connectivity index (χ1n) is 7.02. The topological polar surface area (TPSA) is 61.4 Å². The Hall–Kier alpha value is -2.04. The van der Waals surface area contributed by atoms with Gasteiger partial charge in [0.1, 0.15) is 6.04 Å². The van der Waals surface area contributed by atoms with Crippen LogP contribution in [-0.2, 0) is 16.0 Å². The summed E-state index contributed by atoms with van der Waals surface area (Å²) in [6, 6.07) is 7.69. The molecule has 3 rings (SSSR count). The van der Waals surface area contributed by atoms with Crippen molar-refractivity contribution in [2.45, 2.75) is 18.9 Å². The van der Waals surface area contributed by atoms with Gasteiger partial charge in [0.2, 0.25) is 11.8 Å². The average Bonchev–Trinajstić information content (AvgIpc) is 2.78. The van der Waals surface area contributed by atoms with E-state index in [1.807, 2.05) is 24.3 Å². The molecule has 0 aliphatic carbocycles. The molecule has 0 aromatic heterocycles. The maximum Gasteiger partial charge on any atom is 0.244 e. The molecule has 106 valence electrons. The van der Waals surface area contributed by atoms with Gasteiger partial charge in [-0.2, -0.15) is 0 Å². The predicted molar refractivity (Wildman–Crippen MR) is 76.3 cm³/mol. The molecule has 2 N–H and O–H groups in total. The lowest BCUT2D eigenvalue weighted by Gasteiger charge is -2.26. The number of carbonyl (C=O) groups is 2. The smallest absolute Gasteiger partial charge is 0.244 e. The highest BCUT2D eigenvalue weighted by molar-refractivity contribution is 5.90. The number of hydrogen-bond donors (Lipinski definition) is 2. The minimum absolute atomic E-state index is 0.0162. The minimum atomic E-state index is -0.343. The Morgan fingerprint density at radius 3 is 2.95 bits per heavy atom. The largest absolute Gasteiger partial charge is 0.384 e. The molecule has 1 fully saturated rings. The highest BCUT2D eigenvalue weighted by atomic mass is 16.2. The molecule has 2 aliphatic rings. The van der Waals surface area contributed by atoms with Gasteiger partial charge in [0, 0.05) is 25.8 Å². The standard InChI is InChI=1S/C15H19N3O2/c1-18-7-6-13(15(18)20)17-14(19)11-8-10-4-2-3-5-12(10)16-9-11/h2-5,11,13,16H,6-9H2,1H3,(H,17,19). The number of nitrogens with one attached hydrogen (secondary N) is 2. The third kappa shape index (κ3) is 2.35. The lowest BCUT2D eigenvalue weighted by molar-refractivity contribution is -0.133. The molecule has 2 heterocycles. The maximum absolute atomic E-state index is 12.3. The Morgan fingerprint density at radius 1 is 1.40 bits per heavy atom. The summed E-state index contributed by atoms with van der Waals surface area (Å²) in [6.45, 7) is 1.34. The van der Waals surface area contributed by atoms with E-state index in [-0.39, 0.29) is 23.8 Å². The Labute approximate surface area is 118 Å². The zero-order valence-electron chi connectivity index (χ0n) is 11.6. The number of amides is 2.